The lowest BCUT2D eigenvalue weighted by molar-refractivity contribution is 0.0469. The highest BCUT2D eigenvalue weighted by atomic mass is 16.6. The van der Waals surface area contributed by atoms with Crippen LogP contribution in [0.1, 0.15) is 57.7 Å². The Labute approximate surface area is 130 Å². The number of esters is 1. The Bertz CT molecular complexity index is 529. The van der Waals surface area contributed by atoms with Crippen LogP contribution in [-0.4, -0.2) is 40.0 Å². The Balaban J connectivity index is 2.64. The van der Waals surface area contributed by atoms with Crippen molar-refractivity contribution in [1.29, 1.82) is 0 Å². The second-order valence-electron chi connectivity index (χ2n) is 6.69. The molecule has 0 unspecified atom stereocenters. The lowest BCUT2D eigenvalue weighted by atomic mass is 9.98. The van der Waals surface area contributed by atoms with Crippen LogP contribution in [0, 0.1) is 0 Å². The molecule has 1 rings (SSSR count). The van der Waals surface area contributed by atoms with Crippen LogP contribution in [0.2, 0.25) is 0 Å². The predicted molar refractivity (Wildman–Crippen MR) is 81.7 cm³/mol. The molecule has 0 bridgehead atoms. The van der Waals surface area contributed by atoms with E-state index in [1.807, 2.05) is 13.8 Å². The summed E-state index contributed by atoms with van der Waals surface area (Å²) in [6, 6.07) is 1.62. The van der Waals surface area contributed by atoms with Crippen LogP contribution in [0.4, 0.5) is 4.79 Å². The molecule has 1 heterocycles. The van der Waals surface area contributed by atoms with E-state index in [1.165, 1.54) is 0 Å². The number of ether oxygens (including phenoxy) is 2. The maximum Gasteiger partial charge on any atom is 0.408 e. The van der Waals surface area contributed by atoms with E-state index in [0.717, 1.165) is 5.69 Å². The van der Waals surface area contributed by atoms with E-state index in [9.17, 15) is 9.59 Å². The molecule has 0 atom stereocenters. The summed E-state index contributed by atoms with van der Waals surface area (Å²) in [5, 5.41) is 9.49. The number of amides is 1. The van der Waals surface area contributed by atoms with Crippen molar-refractivity contribution in [2.45, 2.75) is 59.1 Å². The molecule has 0 spiro atoms. The molecule has 0 aliphatic carbocycles. The summed E-state index contributed by atoms with van der Waals surface area (Å²) in [7, 11) is 0. The Morgan fingerprint density at radius 1 is 1.27 bits per heavy atom. The van der Waals surface area contributed by atoms with Gasteiger partial charge in [0.1, 0.15) is 5.60 Å². The summed E-state index contributed by atoms with van der Waals surface area (Å²) in [5.74, 6) is -0.470. The summed E-state index contributed by atoms with van der Waals surface area (Å²) in [4.78, 5) is 23.4. The van der Waals surface area contributed by atoms with E-state index in [-0.39, 0.29) is 5.69 Å². The van der Waals surface area contributed by atoms with Gasteiger partial charge < -0.3 is 14.8 Å². The van der Waals surface area contributed by atoms with Gasteiger partial charge in [0.15, 0.2) is 5.69 Å². The number of carbonyl (C=O) groups excluding carboxylic acids is 2. The van der Waals surface area contributed by atoms with E-state index < -0.39 is 23.2 Å². The van der Waals surface area contributed by atoms with Crippen LogP contribution in [0.15, 0.2) is 6.07 Å². The number of aromatic amines is 1. The molecule has 0 radical (unpaired) electrons. The summed E-state index contributed by atoms with van der Waals surface area (Å²) in [6.45, 7) is 11.2. The van der Waals surface area contributed by atoms with Crippen LogP contribution >= 0.6 is 0 Å². The number of rotatable bonds is 5. The zero-order chi connectivity index (χ0) is 17.0. The van der Waals surface area contributed by atoms with E-state index >= 15 is 0 Å². The molecule has 22 heavy (non-hydrogen) atoms. The SMILES string of the molecule is CCOC(=O)c1cc(CC(C)(C)NC(=O)OC(C)(C)C)[nH]n1. The predicted octanol–water partition coefficient (Wildman–Crippen LogP) is 2.43. The highest BCUT2D eigenvalue weighted by Gasteiger charge is 2.26. The number of H-pyrrole nitrogens is 1. The maximum absolute atomic E-state index is 11.8. The van der Waals surface area contributed by atoms with Crippen LogP contribution in [0.25, 0.3) is 0 Å². The van der Waals surface area contributed by atoms with Gasteiger partial charge >= 0.3 is 12.1 Å². The second kappa shape index (κ2) is 6.81. The zero-order valence-corrected chi connectivity index (χ0v) is 14.1. The maximum atomic E-state index is 11.8. The standard InChI is InChI=1S/C15H25N3O4/c1-7-21-12(19)11-8-10(17-18-11)9-15(5,6)16-13(20)22-14(2,3)4/h8H,7,9H2,1-6H3,(H,16,20)(H,17,18). The first-order valence-corrected chi connectivity index (χ1v) is 7.25. The fourth-order valence-corrected chi connectivity index (χ4v) is 1.86. The van der Waals surface area contributed by atoms with E-state index in [2.05, 4.69) is 15.5 Å². The topological polar surface area (TPSA) is 93.3 Å². The zero-order valence-electron chi connectivity index (χ0n) is 14.1. The van der Waals surface area contributed by atoms with Crippen molar-refractivity contribution in [1.82, 2.24) is 15.5 Å². The van der Waals surface area contributed by atoms with Gasteiger partial charge in [-0.15, -0.1) is 0 Å². The summed E-state index contributed by atoms with van der Waals surface area (Å²) in [5.41, 5.74) is -0.152. The van der Waals surface area contributed by atoms with Crippen molar-refractivity contribution in [3.63, 3.8) is 0 Å². The molecule has 0 fully saturated rings. The average Bonchev–Trinajstić information content (AvgIpc) is 2.73. The van der Waals surface area contributed by atoms with Crippen LogP contribution < -0.4 is 5.32 Å². The van der Waals surface area contributed by atoms with E-state index in [0.29, 0.717) is 13.0 Å². The smallest absolute Gasteiger partial charge is 0.408 e. The van der Waals surface area contributed by atoms with Gasteiger partial charge in [0, 0.05) is 17.7 Å². The van der Waals surface area contributed by atoms with Crippen molar-refractivity contribution in [3.05, 3.63) is 17.5 Å². The van der Waals surface area contributed by atoms with Gasteiger partial charge in [0.2, 0.25) is 0 Å². The number of aromatic nitrogens is 2. The third-order valence-electron chi connectivity index (χ3n) is 2.59. The molecule has 7 heteroatoms. The van der Waals surface area contributed by atoms with Crippen LogP contribution in [-0.2, 0) is 15.9 Å². The van der Waals surface area contributed by atoms with Crippen molar-refractivity contribution in [2.75, 3.05) is 6.61 Å². The molecule has 0 aromatic carbocycles. The minimum absolute atomic E-state index is 0.227. The Hall–Kier alpha value is -2.05. The lowest BCUT2D eigenvalue weighted by Crippen LogP contribution is -2.47. The molecule has 1 aromatic rings. The van der Waals surface area contributed by atoms with Gasteiger partial charge in [-0.2, -0.15) is 5.10 Å². The molecule has 0 saturated carbocycles. The third-order valence-corrected chi connectivity index (χ3v) is 2.59. The van der Waals surface area contributed by atoms with E-state index in [4.69, 9.17) is 9.47 Å². The van der Waals surface area contributed by atoms with Gasteiger partial charge in [-0.05, 0) is 47.6 Å². The second-order valence-corrected chi connectivity index (χ2v) is 6.69. The van der Waals surface area contributed by atoms with Crippen LogP contribution in [0.3, 0.4) is 0 Å². The van der Waals surface area contributed by atoms with Gasteiger partial charge in [-0.1, -0.05) is 0 Å². The monoisotopic (exact) mass is 311 g/mol. The number of carbonyl (C=O) groups is 2. The number of nitrogens with one attached hydrogen (secondary N) is 2. The Morgan fingerprint density at radius 3 is 2.45 bits per heavy atom. The molecular weight excluding hydrogens is 286 g/mol. The van der Waals surface area contributed by atoms with Gasteiger partial charge in [0.25, 0.3) is 0 Å². The highest BCUT2D eigenvalue weighted by Crippen LogP contribution is 2.14. The highest BCUT2D eigenvalue weighted by molar-refractivity contribution is 5.87. The Morgan fingerprint density at radius 2 is 1.91 bits per heavy atom. The minimum Gasteiger partial charge on any atom is -0.461 e. The quantitative estimate of drug-likeness (QED) is 0.815. The van der Waals surface area contributed by atoms with Gasteiger partial charge in [-0.25, -0.2) is 9.59 Å². The van der Waals surface area contributed by atoms with Crippen molar-refractivity contribution < 1.29 is 19.1 Å². The molecule has 1 aromatic heterocycles. The van der Waals surface area contributed by atoms with Gasteiger partial charge in [-0.3, -0.25) is 5.10 Å². The first kappa shape index (κ1) is 18.0. The number of hydrogen-bond acceptors (Lipinski definition) is 5. The number of alkyl carbamates (subject to hydrolysis) is 1. The van der Waals surface area contributed by atoms with Gasteiger partial charge in [0.05, 0.1) is 6.61 Å². The molecule has 1 amide bonds. The molecule has 0 aliphatic rings. The lowest BCUT2D eigenvalue weighted by Gasteiger charge is -2.28. The fraction of sp³-hybridized carbons (Fsp3) is 0.667. The number of hydrogen-bond donors (Lipinski definition) is 2. The first-order chi connectivity index (χ1) is 10.0. The fourth-order valence-electron chi connectivity index (χ4n) is 1.86. The number of nitrogens with zero attached hydrogens (tertiary/aromatic N) is 1. The molecule has 0 aliphatic heterocycles. The third kappa shape index (κ3) is 6.15. The molecule has 124 valence electrons. The van der Waals surface area contributed by atoms with Crippen LogP contribution in [0.5, 0.6) is 0 Å². The minimum atomic E-state index is -0.555. The summed E-state index contributed by atoms with van der Waals surface area (Å²) in [6.07, 6.45) is -0.0128. The molecule has 7 nitrogen and oxygen atoms in total. The molecule has 0 saturated heterocycles. The summed E-state index contributed by atoms with van der Waals surface area (Å²) < 4.78 is 10.1. The first-order valence-electron chi connectivity index (χ1n) is 7.25. The average molecular weight is 311 g/mol. The molecular formula is C15H25N3O4. The molecule has 2 N–H and O–H groups in total. The largest absolute Gasteiger partial charge is 0.461 e. The van der Waals surface area contributed by atoms with Crippen molar-refractivity contribution >= 4 is 12.1 Å². The van der Waals surface area contributed by atoms with Crippen molar-refractivity contribution in [2.24, 2.45) is 0 Å². The normalized spacial score (nSPS) is 11.9. The Kier molecular flexibility index (Phi) is 5.57. The van der Waals surface area contributed by atoms with E-state index in [1.54, 1.807) is 33.8 Å². The summed E-state index contributed by atoms with van der Waals surface area (Å²) >= 11 is 0. The van der Waals surface area contributed by atoms with Crippen molar-refractivity contribution in [3.8, 4) is 0 Å².